The summed E-state index contributed by atoms with van der Waals surface area (Å²) in [7, 11) is 1.56. The molecule has 0 saturated heterocycles. The van der Waals surface area contributed by atoms with Gasteiger partial charge in [-0.1, -0.05) is 0 Å². The Balaban J connectivity index is 2.60. The average molecular weight is 249 g/mol. The molecule has 0 amide bonds. The van der Waals surface area contributed by atoms with Gasteiger partial charge in [-0.2, -0.15) is 0 Å². The molecule has 4 nitrogen and oxygen atoms in total. The molecule has 1 aromatic rings. The predicted octanol–water partition coefficient (Wildman–Crippen LogP) is 1.97. The van der Waals surface area contributed by atoms with E-state index >= 15 is 0 Å². The van der Waals surface area contributed by atoms with Gasteiger partial charge in [-0.3, -0.25) is 4.79 Å². The highest BCUT2D eigenvalue weighted by Crippen LogP contribution is 2.35. The molecule has 0 fully saturated rings. The van der Waals surface area contributed by atoms with Crippen molar-refractivity contribution in [1.29, 1.82) is 0 Å². The summed E-state index contributed by atoms with van der Waals surface area (Å²) < 4.78 is 5.32. The third-order valence-corrected chi connectivity index (χ3v) is 3.73. The van der Waals surface area contributed by atoms with Gasteiger partial charge in [0.05, 0.1) is 7.11 Å². The van der Waals surface area contributed by atoms with Crippen LogP contribution in [0.1, 0.15) is 41.1 Å². The number of benzene rings is 1. The van der Waals surface area contributed by atoms with E-state index in [9.17, 15) is 4.79 Å². The summed E-state index contributed by atoms with van der Waals surface area (Å²) in [4.78, 5) is 11.1. The van der Waals surface area contributed by atoms with E-state index in [1.165, 1.54) is 17.5 Å². The fourth-order valence-electron chi connectivity index (χ4n) is 2.78. The van der Waals surface area contributed by atoms with Gasteiger partial charge in [-0.15, -0.1) is 0 Å². The molecule has 0 aliphatic heterocycles. The van der Waals surface area contributed by atoms with E-state index in [2.05, 4.69) is 0 Å². The summed E-state index contributed by atoms with van der Waals surface area (Å²) in [5.41, 5.74) is 9.90. The van der Waals surface area contributed by atoms with Crippen molar-refractivity contribution in [2.75, 3.05) is 7.11 Å². The first-order chi connectivity index (χ1) is 8.56. The Hall–Kier alpha value is -1.55. The fourth-order valence-corrected chi connectivity index (χ4v) is 2.78. The van der Waals surface area contributed by atoms with Gasteiger partial charge in [0, 0.05) is 5.56 Å². The number of hydrogen-bond donors (Lipinski definition) is 2. The number of rotatable bonds is 3. The number of carboxylic acid groups (broad SMARTS) is 1. The second-order valence-electron chi connectivity index (χ2n) is 4.78. The molecular weight excluding hydrogens is 230 g/mol. The molecular formula is C14H19NO3. The van der Waals surface area contributed by atoms with Crippen molar-refractivity contribution in [3.63, 3.8) is 0 Å². The number of fused-ring (bicyclic) bond motifs is 1. The maximum Gasteiger partial charge on any atom is 0.325 e. The van der Waals surface area contributed by atoms with Crippen LogP contribution in [0.5, 0.6) is 5.75 Å². The summed E-state index contributed by atoms with van der Waals surface area (Å²) in [6.07, 6.45) is 4.38. The SMILES string of the molecule is COc1cc2c(c(C)c1C(N)C(=O)O)CCCC2. The zero-order chi connectivity index (χ0) is 13.3. The lowest BCUT2D eigenvalue weighted by molar-refractivity contribution is -0.138. The van der Waals surface area contributed by atoms with Gasteiger partial charge < -0.3 is 15.6 Å². The van der Waals surface area contributed by atoms with Crippen molar-refractivity contribution in [2.24, 2.45) is 5.73 Å². The zero-order valence-corrected chi connectivity index (χ0v) is 10.8. The van der Waals surface area contributed by atoms with Gasteiger partial charge in [-0.25, -0.2) is 0 Å². The summed E-state index contributed by atoms with van der Waals surface area (Å²) >= 11 is 0. The largest absolute Gasteiger partial charge is 0.496 e. The number of methoxy groups -OCH3 is 1. The number of carboxylic acids is 1. The van der Waals surface area contributed by atoms with E-state index in [-0.39, 0.29) is 0 Å². The van der Waals surface area contributed by atoms with E-state index in [1.54, 1.807) is 7.11 Å². The lowest BCUT2D eigenvalue weighted by Crippen LogP contribution is -2.23. The molecule has 1 aromatic carbocycles. The van der Waals surface area contributed by atoms with E-state index in [1.807, 2.05) is 13.0 Å². The average Bonchev–Trinajstić information content (AvgIpc) is 2.37. The molecule has 1 unspecified atom stereocenters. The fraction of sp³-hybridized carbons (Fsp3) is 0.500. The van der Waals surface area contributed by atoms with E-state index in [0.29, 0.717) is 11.3 Å². The number of nitrogens with two attached hydrogens (primary N) is 1. The van der Waals surface area contributed by atoms with E-state index < -0.39 is 12.0 Å². The normalized spacial score (nSPS) is 15.9. The number of aliphatic carboxylic acids is 1. The maximum atomic E-state index is 11.1. The highest BCUT2D eigenvalue weighted by molar-refractivity contribution is 5.77. The van der Waals surface area contributed by atoms with Crippen molar-refractivity contribution in [2.45, 2.75) is 38.6 Å². The lowest BCUT2D eigenvalue weighted by Gasteiger charge is -2.24. The van der Waals surface area contributed by atoms with Gasteiger partial charge in [0.15, 0.2) is 0 Å². The van der Waals surface area contributed by atoms with Crippen molar-refractivity contribution in [1.82, 2.24) is 0 Å². The first-order valence-electron chi connectivity index (χ1n) is 6.24. The first kappa shape index (κ1) is 12.9. The van der Waals surface area contributed by atoms with Crippen LogP contribution in [0.3, 0.4) is 0 Å². The van der Waals surface area contributed by atoms with Crippen molar-refractivity contribution < 1.29 is 14.6 Å². The Morgan fingerprint density at radius 2 is 2.11 bits per heavy atom. The molecule has 0 saturated carbocycles. The van der Waals surface area contributed by atoms with Gasteiger partial charge in [0.1, 0.15) is 11.8 Å². The van der Waals surface area contributed by atoms with E-state index in [0.717, 1.165) is 24.8 Å². The van der Waals surface area contributed by atoms with Crippen LogP contribution in [0.15, 0.2) is 6.07 Å². The summed E-state index contributed by atoms with van der Waals surface area (Å²) in [6.45, 7) is 1.95. The monoisotopic (exact) mass is 249 g/mol. The third-order valence-electron chi connectivity index (χ3n) is 3.73. The Labute approximate surface area is 107 Å². The lowest BCUT2D eigenvalue weighted by atomic mass is 9.84. The van der Waals surface area contributed by atoms with Crippen LogP contribution >= 0.6 is 0 Å². The number of hydrogen-bond acceptors (Lipinski definition) is 3. The molecule has 18 heavy (non-hydrogen) atoms. The molecule has 0 aromatic heterocycles. The molecule has 2 rings (SSSR count). The molecule has 1 atom stereocenters. The molecule has 0 radical (unpaired) electrons. The molecule has 4 heteroatoms. The Morgan fingerprint density at radius 1 is 1.44 bits per heavy atom. The van der Waals surface area contributed by atoms with Crippen LogP contribution in [-0.4, -0.2) is 18.2 Å². The molecule has 98 valence electrons. The second-order valence-corrected chi connectivity index (χ2v) is 4.78. The minimum Gasteiger partial charge on any atom is -0.496 e. The van der Waals surface area contributed by atoms with Crippen LogP contribution in [-0.2, 0) is 17.6 Å². The van der Waals surface area contributed by atoms with Crippen LogP contribution in [0.2, 0.25) is 0 Å². The molecule has 0 spiro atoms. The Kier molecular flexibility index (Phi) is 3.57. The van der Waals surface area contributed by atoms with Crippen LogP contribution < -0.4 is 10.5 Å². The highest BCUT2D eigenvalue weighted by Gasteiger charge is 2.25. The van der Waals surface area contributed by atoms with E-state index in [4.69, 9.17) is 15.6 Å². The van der Waals surface area contributed by atoms with Crippen LogP contribution in [0, 0.1) is 6.92 Å². The first-order valence-corrected chi connectivity index (χ1v) is 6.24. The smallest absolute Gasteiger partial charge is 0.325 e. The minimum atomic E-state index is -1.02. The van der Waals surface area contributed by atoms with Gasteiger partial charge in [0.2, 0.25) is 0 Å². The van der Waals surface area contributed by atoms with Gasteiger partial charge in [-0.05, 0) is 55.4 Å². The number of carbonyl (C=O) groups is 1. The van der Waals surface area contributed by atoms with Crippen molar-refractivity contribution >= 4 is 5.97 Å². The standard InChI is InChI=1S/C14H19NO3/c1-8-10-6-4-3-5-9(10)7-11(18-2)12(8)13(15)14(16)17/h7,13H,3-6,15H2,1-2H3,(H,16,17). The van der Waals surface area contributed by atoms with Crippen LogP contribution in [0.25, 0.3) is 0 Å². The molecule has 0 heterocycles. The van der Waals surface area contributed by atoms with Gasteiger partial charge in [0.25, 0.3) is 0 Å². The number of aryl methyl sites for hydroxylation is 1. The summed E-state index contributed by atoms with van der Waals surface area (Å²) in [6, 6.07) is 0.937. The highest BCUT2D eigenvalue weighted by atomic mass is 16.5. The number of ether oxygens (including phenoxy) is 1. The molecule has 1 aliphatic carbocycles. The minimum absolute atomic E-state index is 0.600. The summed E-state index contributed by atoms with van der Waals surface area (Å²) in [5.74, 6) is -0.421. The molecule has 3 N–H and O–H groups in total. The Bertz CT molecular complexity index is 482. The maximum absolute atomic E-state index is 11.1. The predicted molar refractivity (Wildman–Crippen MR) is 68.9 cm³/mol. The molecule has 0 bridgehead atoms. The second kappa shape index (κ2) is 4.98. The summed E-state index contributed by atoms with van der Waals surface area (Å²) in [5, 5.41) is 9.10. The molecule has 1 aliphatic rings. The Morgan fingerprint density at radius 3 is 2.72 bits per heavy atom. The third kappa shape index (κ3) is 2.08. The quantitative estimate of drug-likeness (QED) is 0.859. The zero-order valence-electron chi connectivity index (χ0n) is 10.8. The van der Waals surface area contributed by atoms with Crippen molar-refractivity contribution in [3.05, 3.63) is 28.3 Å². The van der Waals surface area contributed by atoms with Gasteiger partial charge >= 0.3 is 5.97 Å². The topological polar surface area (TPSA) is 72.5 Å². The van der Waals surface area contributed by atoms with Crippen molar-refractivity contribution in [3.8, 4) is 5.75 Å². The van der Waals surface area contributed by atoms with Crippen LogP contribution in [0.4, 0.5) is 0 Å².